The molecule has 2 nitrogen and oxygen atoms in total. The fraction of sp³-hybridized carbons (Fsp3) is 0.647. The minimum atomic E-state index is 0.475. The monoisotopic (exact) mass is 370 g/mol. The molecule has 2 unspecified atom stereocenters. The van der Waals surface area contributed by atoms with E-state index in [1.807, 2.05) is 0 Å². The summed E-state index contributed by atoms with van der Waals surface area (Å²) in [5.41, 5.74) is 1.41. The molecule has 2 atom stereocenters. The van der Waals surface area contributed by atoms with Gasteiger partial charge in [-0.05, 0) is 37.1 Å². The smallest absolute Gasteiger partial charge is 0.0332 e. The van der Waals surface area contributed by atoms with Crippen LogP contribution in [0.4, 0.5) is 0 Å². The lowest BCUT2D eigenvalue weighted by Gasteiger charge is -2.32. The zero-order chi connectivity index (χ0) is 15.1. The van der Waals surface area contributed by atoms with E-state index in [1.54, 1.807) is 0 Å². The Morgan fingerprint density at radius 2 is 2.14 bits per heavy atom. The van der Waals surface area contributed by atoms with Crippen molar-refractivity contribution >= 4 is 27.7 Å². The fourth-order valence-electron chi connectivity index (χ4n) is 2.81. The van der Waals surface area contributed by atoms with E-state index in [-0.39, 0.29) is 0 Å². The van der Waals surface area contributed by atoms with E-state index < -0.39 is 0 Å². The van der Waals surface area contributed by atoms with Gasteiger partial charge >= 0.3 is 0 Å². The summed E-state index contributed by atoms with van der Waals surface area (Å²) in [5, 5.41) is 4.49. The maximum atomic E-state index is 3.71. The van der Waals surface area contributed by atoms with Gasteiger partial charge in [-0.1, -0.05) is 41.9 Å². The molecule has 0 saturated carbocycles. The van der Waals surface area contributed by atoms with Gasteiger partial charge in [0.1, 0.15) is 0 Å². The minimum absolute atomic E-state index is 0.475. The lowest BCUT2D eigenvalue weighted by Crippen LogP contribution is -2.38. The van der Waals surface area contributed by atoms with Crippen molar-refractivity contribution in [3.63, 3.8) is 0 Å². The van der Waals surface area contributed by atoms with Gasteiger partial charge < -0.3 is 10.2 Å². The molecule has 1 aliphatic rings. The van der Waals surface area contributed by atoms with E-state index in [4.69, 9.17) is 0 Å². The summed E-state index contributed by atoms with van der Waals surface area (Å²) < 4.78 is 1.15. The zero-order valence-corrected chi connectivity index (χ0v) is 15.5. The van der Waals surface area contributed by atoms with Gasteiger partial charge in [-0.2, -0.15) is 11.8 Å². The largest absolute Gasteiger partial charge is 0.310 e. The number of hydrogen-bond acceptors (Lipinski definition) is 3. The van der Waals surface area contributed by atoms with Crippen LogP contribution < -0.4 is 5.32 Å². The van der Waals surface area contributed by atoms with Crippen molar-refractivity contribution in [3.05, 3.63) is 34.3 Å². The van der Waals surface area contributed by atoms with E-state index in [2.05, 4.69) is 76.0 Å². The van der Waals surface area contributed by atoms with Crippen molar-refractivity contribution in [3.8, 4) is 0 Å². The molecule has 1 aromatic rings. The molecule has 1 aromatic carbocycles. The SMILES string of the molecule is CCCNC(CCN1CCSC(C)C1)c1ccc(Br)cc1. The van der Waals surface area contributed by atoms with Gasteiger partial charge in [-0.15, -0.1) is 0 Å². The highest BCUT2D eigenvalue weighted by Crippen LogP contribution is 2.22. The van der Waals surface area contributed by atoms with Gasteiger partial charge in [-0.3, -0.25) is 0 Å². The first kappa shape index (κ1) is 17.3. The molecule has 0 aromatic heterocycles. The normalized spacial score (nSPS) is 21.4. The molecule has 1 aliphatic heterocycles. The molecule has 1 N–H and O–H groups in total. The Morgan fingerprint density at radius 3 is 2.81 bits per heavy atom. The average molecular weight is 371 g/mol. The highest BCUT2D eigenvalue weighted by Gasteiger charge is 2.18. The van der Waals surface area contributed by atoms with Crippen molar-refractivity contribution in [2.24, 2.45) is 0 Å². The van der Waals surface area contributed by atoms with Crippen LogP contribution in [0.15, 0.2) is 28.7 Å². The molecule has 21 heavy (non-hydrogen) atoms. The molecule has 1 fully saturated rings. The van der Waals surface area contributed by atoms with E-state index in [0.717, 1.165) is 16.3 Å². The highest BCUT2D eigenvalue weighted by atomic mass is 79.9. The lowest BCUT2D eigenvalue weighted by molar-refractivity contribution is 0.267. The first-order valence-corrected chi connectivity index (χ1v) is 9.86. The Hall–Kier alpha value is -0.0300. The second-order valence-electron chi connectivity index (χ2n) is 5.83. The van der Waals surface area contributed by atoms with Crippen LogP contribution in [0, 0.1) is 0 Å². The quantitative estimate of drug-likeness (QED) is 0.769. The van der Waals surface area contributed by atoms with Crippen LogP contribution in [0.1, 0.15) is 38.3 Å². The summed E-state index contributed by atoms with van der Waals surface area (Å²) in [6.07, 6.45) is 2.38. The number of rotatable bonds is 7. The Labute approximate surface area is 142 Å². The third-order valence-electron chi connectivity index (χ3n) is 3.97. The molecular weight excluding hydrogens is 344 g/mol. The van der Waals surface area contributed by atoms with E-state index >= 15 is 0 Å². The number of halogens is 1. The molecule has 0 spiro atoms. The zero-order valence-electron chi connectivity index (χ0n) is 13.1. The maximum Gasteiger partial charge on any atom is 0.0332 e. The lowest BCUT2D eigenvalue weighted by atomic mass is 10.0. The van der Waals surface area contributed by atoms with Crippen molar-refractivity contribution in [2.45, 2.75) is 38.0 Å². The highest BCUT2D eigenvalue weighted by molar-refractivity contribution is 9.10. The van der Waals surface area contributed by atoms with Gasteiger partial charge in [0.05, 0.1) is 0 Å². The second-order valence-corrected chi connectivity index (χ2v) is 8.29. The molecular formula is C17H27BrN2S. The fourth-order valence-corrected chi connectivity index (χ4v) is 4.15. The summed E-state index contributed by atoms with van der Waals surface area (Å²) >= 11 is 5.63. The van der Waals surface area contributed by atoms with Crippen molar-refractivity contribution in [2.75, 3.05) is 31.9 Å². The maximum absolute atomic E-state index is 3.71. The van der Waals surface area contributed by atoms with Gasteiger partial charge in [0, 0.05) is 41.2 Å². The van der Waals surface area contributed by atoms with Crippen LogP contribution in [-0.4, -0.2) is 42.1 Å². The number of thioether (sulfide) groups is 1. The Kier molecular flexibility index (Phi) is 7.58. The van der Waals surface area contributed by atoms with Crippen LogP contribution in [-0.2, 0) is 0 Å². The Bertz CT molecular complexity index is 410. The predicted octanol–water partition coefficient (Wildman–Crippen LogP) is 4.32. The summed E-state index contributed by atoms with van der Waals surface area (Å²) in [6.45, 7) is 9.35. The van der Waals surface area contributed by atoms with Gasteiger partial charge in [0.2, 0.25) is 0 Å². The van der Waals surface area contributed by atoms with Crippen LogP contribution >= 0.6 is 27.7 Å². The average Bonchev–Trinajstić information content (AvgIpc) is 2.49. The second kappa shape index (κ2) is 9.19. The molecule has 4 heteroatoms. The van der Waals surface area contributed by atoms with Gasteiger partial charge in [0.15, 0.2) is 0 Å². The molecule has 0 aliphatic carbocycles. The Balaban J connectivity index is 1.91. The molecule has 1 heterocycles. The van der Waals surface area contributed by atoms with E-state index in [1.165, 1.54) is 43.8 Å². The van der Waals surface area contributed by atoms with E-state index in [0.29, 0.717) is 6.04 Å². The number of hydrogen-bond donors (Lipinski definition) is 1. The summed E-state index contributed by atoms with van der Waals surface area (Å²) in [6, 6.07) is 9.26. The van der Waals surface area contributed by atoms with Crippen molar-refractivity contribution < 1.29 is 0 Å². The first-order valence-electron chi connectivity index (χ1n) is 8.02. The molecule has 0 radical (unpaired) electrons. The molecule has 118 valence electrons. The summed E-state index contributed by atoms with van der Waals surface area (Å²) in [5.74, 6) is 1.28. The van der Waals surface area contributed by atoms with Gasteiger partial charge in [0.25, 0.3) is 0 Å². The van der Waals surface area contributed by atoms with Crippen LogP contribution in [0.25, 0.3) is 0 Å². The van der Waals surface area contributed by atoms with E-state index in [9.17, 15) is 0 Å². The van der Waals surface area contributed by atoms with Crippen molar-refractivity contribution in [1.29, 1.82) is 0 Å². The summed E-state index contributed by atoms with van der Waals surface area (Å²) in [4.78, 5) is 2.63. The number of nitrogens with zero attached hydrogens (tertiary/aromatic N) is 1. The topological polar surface area (TPSA) is 15.3 Å². The van der Waals surface area contributed by atoms with Crippen LogP contribution in [0.2, 0.25) is 0 Å². The molecule has 2 rings (SSSR count). The van der Waals surface area contributed by atoms with Crippen LogP contribution in [0.5, 0.6) is 0 Å². The predicted molar refractivity (Wildman–Crippen MR) is 98.2 cm³/mol. The van der Waals surface area contributed by atoms with Gasteiger partial charge in [-0.25, -0.2) is 0 Å². The summed E-state index contributed by atoms with van der Waals surface area (Å²) in [7, 11) is 0. The third-order valence-corrected chi connectivity index (χ3v) is 5.64. The molecule has 0 bridgehead atoms. The minimum Gasteiger partial charge on any atom is -0.310 e. The standard InChI is InChI=1S/C17H27BrN2S/c1-3-9-19-17(15-4-6-16(18)7-5-15)8-10-20-11-12-21-14(2)13-20/h4-7,14,17,19H,3,8-13H2,1-2H3. The van der Waals surface area contributed by atoms with Crippen molar-refractivity contribution in [1.82, 2.24) is 10.2 Å². The third kappa shape index (κ3) is 5.93. The molecule has 0 amide bonds. The van der Waals surface area contributed by atoms with Crippen LogP contribution in [0.3, 0.4) is 0 Å². The number of benzene rings is 1. The Morgan fingerprint density at radius 1 is 1.38 bits per heavy atom. The molecule has 1 saturated heterocycles. The number of nitrogens with one attached hydrogen (secondary N) is 1. The first-order chi connectivity index (χ1) is 10.2.